The lowest BCUT2D eigenvalue weighted by atomic mass is 9.77. The van der Waals surface area contributed by atoms with Crippen molar-refractivity contribution in [3.63, 3.8) is 0 Å². The SMILES string of the molecule is CCOC(=O)[C@@H]1[C@H]2C=C[C@@]3(CN(Cc4ccccc4)C(=O)[C@@H]13)O2. The fraction of sp³-hybridized carbons (Fsp3) is 0.444. The van der Waals surface area contributed by atoms with Crippen molar-refractivity contribution in [3.8, 4) is 0 Å². The standard InChI is InChI=1S/C18H19NO4/c1-2-22-17(21)14-13-8-9-18(23-13)11-19(16(20)15(14)18)10-12-6-4-3-5-7-12/h3-9,13-15H,2,10-11H2,1H3/t13-,14-,15-,18+/m1/s1. The molecule has 2 saturated heterocycles. The van der Waals surface area contributed by atoms with E-state index >= 15 is 0 Å². The van der Waals surface area contributed by atoms with Crippen LogP contribution < -0.4 is 0 Å². The first-order valence-electron chi connectivity index (χ1n) is 8.01. The smallest absolute Gasteiger partial charge is 0.312 e. The van der Waals surface area contributed by atoms with Crippen molar-refractivity contribution in [2.24, 2.45) is 11.8 Å². The molecule has 1 aromatic carbocycles. The number of carbonyl (C=O) groups excluding carboxylic acids is 2. The minimum Gasteiger partial charge on any atom is -0.466 e. The maximum absolute atomic E-state index is 12.9. The van der Waals surface area contributed by atoms with E-state index in [2.05, 4.69) is 0 Å². The number of esters is 1. The number of rotatable bonds is 4. The second kappa shape index (κ2) is 5.20. The van der Waals surface area contributed by atoms with Gasteiger partial charge in [-0.15, -0.1) is 0 Å². The molecule has 2 fully saturated rings. The summed E-state index contributed by atoms with van der Waals surface area (Å²) < 4.78 is 11.2. The van der Waals surface area contributed by atoms with E-state index in [-0.39, 0.29) is 18.0 Å². The molecule has 0 aliphatic carbocycles. The number of benzene rings is 1. The molecule has 5 nitrogen and oxygen atoms in total. The Labute approximate surface area is 134 Å². The summed E-state index contributed by atoms with van der Waals surface area (Å²) in [5, 5.41) is 0. The predicted molar refractivity (Wildman–Crippen MR) is 82.2 cm³/mol. The third kappa shape index (κ3) is 2.10. The summed E-state index contributed by atoms with van der Waals surface area (Å²) in [6, 6.07) is 9.86. The van der Waals surface area contributed by atoms with Crippen LogP contribution in [0.4, 0.5) is 0 Å². The topological polar surface area (TPSA) is 55.8 Å². The Morgan fingerprint density at radius 3 is 2.91 bits per heavy atom. The Morgan fingerprint density at radius 1 is 1.39 bits per heavy atom. The molecular formula is C18H19NO4. The molecule has 0 radical (unpaired) electrons. The summed E-state index contributed by atoms with van der Waals surface area (Å²) in [4.78, 5) is 27.0. The largest absolute Gasteiger partial charge is 0.466 e. The number of nitrogens with zero attached hydrogens (tertiary/aromatic N) is 1. The highest BCUT2D eigenvalue weighted by atomic mass is 16.6. The third-order valence-corrected chi connectivity index (χ3v) is 4.95. The second-order valence-corrected chi connectivity index (χ2v) is 6.33. The summed E-state index contributed by atoms with van der Waals surface area (Å²) in [7, 11) is 0. The van der Waals surface area contributed by atoms with E-state index in [0.717, 1.165) is 5.56 Å². The van der Waals surface area contributed by atoms with Gasteiger partial charge in [0.2, 0.25) is 5.91 Å². The van der Waals surface area contributed by atoms with E-state index in [1.54, 1.807) is 11.8 Å². The van der Waals surface area contributed by atoms with Gasteiger partial charge in [-0.25, -0.2) is 0 Å². The summed E-state index contributed by atoms with van der Waals surface area (Å²) in [6.45, 7) is 3.12. The molecule has 1 spiro atoms. The van der Waals surface area contributed by atoms with Crippen molar-refractivity contribution in [2.45, 2.75) is 25.2 Å². The second-order valence-electron chi connectivity index (χ2n) is 6.33. The van der Waals surface area contributed by atoms with Gasteiger partial charge in [-0.2, -0.15) is 0 Å². The van der Waals surface area contributed by atoms with Gasteiger partial charge in [-0.1, -0.05) is 42.5 Å². The molecule has 120 valence electrons. The highest BCUT2D eigenvalue weighted by Gasteiger charge is 2.67. The Hall–Kier alpha value is -2.14. The summed E-state index contributed by atoms with van der Waals surface area (Å²) in [5.41, 5.74) is 0.414. The number of hydrogen-bond acceptors (Lipinski definition) is 4. The van der Waals surface area contributed by atoms with Gasteiger partial charge in [0, 0.05) is 6.54 Å². The van der Waals surface area contributed by atoms with Crippen LogP contribution in [0.25, 0.3) is 0 Å². The minimum absolute atomic E-state index is 0.0150. The number of amides is 1. The van der Waals surface area contributed by atoms with Crippen molar-refractivity contribution in [1.82, 2.24) is 4.90 Å². The van der Waals surface area contributed by atoms with Crippen LogP contribution in [0, 0.1) is 11.8 Å². The predicted octanol–water partition coefficient (Wildman–Crippen LogP) is 1.53. The van der Waals surface area contributed by atoms with Crippen LogP contribution in [0.2, 0.25) is 0 Å². The highest BCUT2D eigenvalue weighted by Crippen LogP contribution is 2.52. The zero-order valence-electron chi connectivity index (χ0n) is 13.0. The number of hydrogen-bond donors (Lipinski definition) is 0. The van der Waals surface area contributed by atoms with E-state index in [1.807, 2.05) is 42.5 Å². The zero-order chi connectivity index (χ0) is 16.0. The van der Waals surface area contributed by atoms with Gasteiger partial charge in [0.1, 0.15) is 11.5 Å². The number of carbonyl (C=O) groups is 2. The normalized spacial score (nSPS) is 34.0. The van der Waals surface area contributed by atoms with Gasteiger partial charge in [0.15, 0.2) is 0 Å². The Morgan fingerprint density at radius 2 is 2.17 bits per heavy atom. The average Bonchev–Trinajstić information content (AvgIpc) is 3.17. The number of likely N-dealkylation sites (tertiary alicyclic amines) is 1. The molecule has 3 aliphatic heterocycles. The fourth-order valence-corrected chi connectivity index (χ4v) is 4.02. The number of ether oxygens (including phenoxy) is 2. The first kappa shape index (κ1) is 14.5. The number of fused-ring (bicyclic) bond motifs is 1. The Bertz CT molecular complexity index is 671. The molecule has 3 heterocycles. The average molecular weight is 313 g/mol. The molecule has 0 unspecified atom stereocenters. The maximum atomic E-state index is 12.9. The molecular weight excluding hydrogens is 294 g/mol. The van der Waals surface area contributed by atoms with E-state index in [4.69, 9.17) is 9.47 Å². The van der Waals surface area contributed by atoms with Gasteiger partial charge in [-0.05, 0) is 12.5 Å². The molecule has 1 aromatic rings. The van der Waals surface area contributed by atoms with Crippen molar-refractivity contribution >= 4 is 11.9 Å². The van der Waals surface area contributed by atoms with Crippen LogP contribution in [0.5, 0.6) is 0 Å². The van der Waals surface area contributed by atoms with Crippen molar-refractivity contribution in [3.05, 3.63) is 48.0 Å². The molecule has 4 rings (SSSR count). The van der Waals surface area contributed by atoms with E-state index in [1.165, 1.54) is 0 Å². The van der Waals surface area contributed by atoms with Gasteiger partial charge in [-0.3, -0.25) is 9.59 Å². The molecule has 5 heteroatoms. The highest BCUT2D eigenvalue weighted by molar-refractivity contribution is 5.91. The molecule has 0 aromatic heterocycles. The molecule has 0 N–H and O–H groups in total. The lowest BCUT2D eigenvalue weighted by Gasteiger charge is -2.22. The van der Waals surface area contributed by atoms with Crippen molar-refractivity contribution < 1.29 is 19.1 Å². The summed E-state index contributed by atoms with van der Waals surface area (Å²) >= 11 is 0. The van der Waals surface area contributed by atoms with Crippen molar-refractivity contribution in [1.29, 1.82) is 0 Å². The maximum Gasteiger partial charge on any atom is 0.312 e. The fourth-order valence-electron chi connectivity index (χ4n) is 4.02. The molecule has 23 heavy (non-hydrogen) atoms. The molecule has 1 amide bonds. The monoisotopic (exact) mass is 313 g/mol. The van der Waals surface area contributed by atoms with Crippen LogP contribution in [-0.4, -0.2) is 41.6 Å². The van der Waals surface area contributed by atoms with E-state index < -0.39 is 17.4 Å². The van der Waals surface area contributed by atoms with Gasteiger partial charge < -0.3 is 14.4 Å². The van der Waals surface area contributed by atoms with Crippen LogP contribution in [0.1, 0.15) is 12.5 Å². The van der Waals surface area contributed by atoms with Crippen LogP contribution in [0.15, 0.2) is 42.5 Å². The lowest BCUT2D eigenvalue weighted by Crippen LogP contribution is -2.39. The molecule has 3 aliphatic rings. The van der Waals surface area contributed by atoms with Crippen LogP contribution in [-0.2, 0) is 25.6 Å². The van der Waals surface area contributed by atoms with Crippen LogP contribution >= 0.6 is 0 Å². The minimum atomic E-state index is -0.659. The van der Waals surface area contributed by atoms with E-state index in [9.17, 15) is 9.59 Å². The third-order valence-electron chi connectivity index (χ3n) is 4.95. The molecule has 2 bridgehead atoms. The molecule has 0 saturated carbocycles. The first-order chi connectivity index (χ1) is 11.1. The summed E-state index contributed by atoms with van der Waals surface area (Å²) in [5.74, 6) is -1.32. The quantitative estimate of drug-likeness (QED) is 0.625. The van der Waals surface area contributed by atoms with Crippen molar-refractivity contribution in [2.75, 3.05) is 13.2 Å². The van der Waals surface area contributed by atoms with E-state index in [0.29, 0.717) is 19.7 Å². The Kier molecular flexibility index (Phi) is 3.27. The first-order valence-corrected chi connectivity index (χ1v) is 8.01. The lowest BCUT2D eigenvalue weighted by molar-refractivity contribution is -0.153. The summed E-state index contributed by atoms with van der Waals surface area (Å²) in [6.07, 6.45) is 3.53. The molecule has 4 atom stereocenters. The Balaban J connectivity index is 1.60. The van der Waals surface area contributed by atoms with Gasteiger partial charge >= 0.3 is 5.97 Å². The van der Waals surface area contributed by atoms with Gasteiger partial charge in [0.25, 0.3) is 0 Å². The zero-order valence-corrected chi connectivity index (χ0v) is 13.0. The van der Waals surface area contributed by atoms with Crippen LogP contribution in [0.3, 0.4) is 0 Å². The van der Waals surface area contributed by atoms with Gasteiger partial charge in [0.05, 0.1) is 25.2 Å².